The molecule has 0 aliphatic rings. The lowest BCUT2D eigenvalue weighted by Gasteiger charge is -2.21. The number of nitrogens with zero attached hydrogens (tertiary/aromatic N) is 3. The number of amides is 1. The summed E-state index contributed by atoms with van der Waals surface area (Å²) in [5.41, 5.74) is 5.27. The van der Waals surface area contributed by atoms with Crippen LogP contribution in [0.2, 0.25) is 0 Å². The molecule has 0 saturated carbocycles. The SMILES string of the molecule is CCN(CC)c1ccc(C=NNC(=O)Cn2c3ccccc3c(=O)c3ccccc32)c(O)c1. The zero-order valence-electron chi connectivity index (χ0n) is 18.7. The molecule has 0 aliphatic heterocycles. The fourth-order valence-corrected chi connectivity index (χ4v) is 4.03. The minimum absolute atomic E-state index is 0.00841. The minimum atomic E-state index is -0.343. The van der Waals surface area contributed by atoms with E-state index in [-0.39, 0.29) is 23.6 Å². The van der Waals surface area contributed by atoms with Gasteiger partial charge in [0, 0.05) is 41.2 Å². The summed E-state index contributed by atoms with van der Waals surface area (Å²) in [7, 11) is 0. The quantitative estimate of drug-likeness (QED) is 0.259. The van der Waals surface area contributed by atoms with Crippen molar-refractivity contribution in [2.45, 2.75) is 20.4 Å². The van der Waals surface area contributed by atoms with Gasteiger partial charge in [-0.05, 0) is 50.2 Å². The third kappa shape index (κ3) is 4.43. The van der Waals surface area contributed by atoms with Crippen molar-refractivity contribution >= 4 is 39.6 Å². The molecule has 0 saturated heterocycles. The van der Waals surface area contributed by atoms with Crippen LogP contribution in [0.3, 0.4) is 0 Å². The molecular formula is C26H26N4O3. The van der Waals surface area contributed by atoms with Crippen molar-refractivity contribution < 1.29 is 9.90 Å². The van der Waals surface area contributed by atoms with Gasteiger partial charge in [-0.2, -0.15) is 5.10 Å². The third-order valence-corrected chi connectivity index (χ3v) is 5.72. The number of hydrogen-bond acceptors (Lipinski definition) is 5. The Bertz CT molecular complexity index is 1340. The van der Waals surface area contributed by atoms with Gasteiger partial charge >= 0.3 is 0 Å². The van der Waals surface area contributed by atoms with Gasteiger partial charge in [0.1, 0.15) is 12.3 Å². The highest BCUT2D eigenvalue weighted by atomic mass is 16.3. The van der Waals surface area contributed by atoms with Gasteiger partial charge in [-0.3, -0.25) is 9.59 Å². The molecule has 3 aromatic carbocycles. The molecule has 0 unspecified atom stereocenters. The normalized spacial score (nSPS) is 11.3. The molecular weight excluding hydrogens is 416 g/mol. The smallest absolute Gasteiger partial charge is 0.260 e. The standard InChI is InChI=1S/C26H26N4O3/c1-3-29(4-2)19-14-13-18(24(31)15-19)16-27-28-25(32)17-30-22-11-7-5-9-20(22)26(33)21-10-6-8-12-23(21)30/h5-16,31H,3-4,17H2,1-2H3,(H,28,32). The van der Waals surface area contributed by atoms with Crippen molar-refractivity contribution in [2.24, 2.45) is 5.10 Å². The van der Waals surface area contributed by atoms with Gasteiger partial charge in [-0.25, -0.2) is 5.43 Å². The number of hydrazone groups is 1. The Morgan fingerprint density at radius 1 is 1.00 bits per heavy atom. The number of phenolic OH excluding ortho intramolecular Hbond substituents is 1. The second-order valence-electron chi connectivity index (χ2n) is 7.66. The van der Waals surface area contributed by atoms with Gasteiger partial charge < -0.3 is 14.6 Å². The molecule has 4 rings (SSSR count). The van der Waals surface area contributed by atoms with E-state index in [1.807, 2.05) is 47.0 Å². The van der Waals surface area contributed by atoms with E-state index in [1.165, 1.54) is 6.21 Å². The summed E-state index contributed by atoms with van der Waals surface area (Å²) in [6, 6.07) is 19.9. The second-order valence-corrected chi connectivity index (χ2v) is 7.66. The lowest BCUT2D eigenvalue weighted by molar-refractivity contribution is -0.121. The fraction of sp³-hybridized carbons (Fsp3) is 0.192. The van der Waals surface area contributed by atoms with E-state index in [2.05, 4.69) is 29.3 Å². The number of benzene rings is 3. The lowest BCUT2D eigenvalue weighted by atomic mass is 10.1. The Balaban J connectivity index is 1.56. The van der Waals surface area contributed by atoms with Crippen molar-refractivity contribution in [3.05, 3.63) is 82.5 Å². The number of pyridine rings is 1. The van der Waals surface area contributed by atoms with Gasteiger partial charge in [0.2, 0.25) is 0 Å². The number of phenols is 1. The molecule has 7 heteroatoms. The Hall–Kier alpha value is -4.13. The molecule has 0 fully saturated rings. The zero-order valence-corrected chi connectivity index (χ0v) is 18.7. The second kappa shape index (κ2) is 9.56. The van der Waals surface area contributed by atoms with Crippen LogP contribution in [0.4, 0.5) is 5.69 Å². The summed E-state index contributed by atoms with van der Waals surface area (Å²) in [5.74, 6) is -0.251. The van der Waals surface area contributed by atoms with Crippen LogP contribution < -0.4 is 15.8 Å². The van der Waals surface area contributed by atoms with Crippen LogP contribution in [-0.2, 0) is 11.3 Å². The average Bonchev–Trinajstić information content (AvgIpc) is 2.84. The Labute approximate surface area is 191 Å². The first kappa shape index (κ1) is 22.1. The molecule has 0 bridgehead atoms. The van der Waals surface area contributed by atoms with Crippen molar-refractivity contribution in [3.8, 4) is 5.75 Å². The number of anilines is 1. The maximum Gasteiger partial charge on any atom is 0.260 e. The third-order valence-electron chi connectivity index (χ3n) is 5.72. The van der Waals surface area contributed by atoms with E-state index in [1.54, 1.807) is 24.3 Å². The molecule has 0 spiro atoms. The molecule has 0 aliphatic carbocycles. The van der Waals surface area contributed by atoms with Gasteiger partial charge in [0.25, 0.3) is 5.91 Å². The summed E-state index contributed by atoms with van der Waals surface area (Å²) >= 11 is 0. The largest absolute Gasteiger partial charge is 0.507 e. The highest BCUT2D eigenvalue weighted by Gasteiger charge is 2.12. The highest BCUT2D eigenvalue weighted by Crippen LogP contribution is 2.23. The summed E-state index contributed by atoms with van der Waals surface area (Å²) in [6.45, 7) is 5.79. The van der Waals surface area contributed by atoms with Gasteiger partial charge in [-0.15, -0.1) is 0 Å². The van der Waals surface area contributed by atoms with Gasteiger partial charge in [0.05, 0.1) is 17.2 Å². The number of nitrogens with one attached hydrogen (secondary N) is 1. The zero-order chi connectivity index (χ0) is 23.4. The number of aromatic hydroxyl groups is 1. The number of hydrogen-bond donors (Lipinski definition) is 2. The van der Waals surface area contributed by atoms with Crippen LogP contribution in [0.25, 0.3) is 21.8 Å². The Morgan fingerprint density at radius 2 is 1.61 bits per heavy atom. The molecule has 1 amide bonds. The average molecular weight is 443 g/mol. The van der Waals surface area contributed by atoms with Crippen molar-refractivity contribution in [1.82, 2.24) is 9.99 Å². The monoisotopic (exact) mass is 442 g/mol. The van der Waals surface area contributed by atoms with Crippen LogP contribution in [0.5, 0.6) is 5.75 Å². The number of aromatic nitrogens is 1. The number of carbonyl (C=O) groups is 1. The molecule has 168 valence electrons. The predicted octanol–water partition coefficient (Wildman–Crippen LogP) is 3.86. The van der Waals surface area contributed by atoms with Gasteiger partial charge in [-0.1, -0.05) is 24.3 Å². The van der Waals surface area contributed by atoms with Crippen LogP contribution in [0.1, 0.15) is 19.4 Å². The predicted molar refractivity (Wildman–Crippen MR) is 133 cm³/mol. The van der Waals surface area contributed by atoms with Crippen LogP contribution in [0.15, 0.2) is 76.6 Å². The van der Waals surface area contributed by atoms with E-state index in [0.29, 0.717) is 27.4 Å². The molecule has 0 radical (unpaired) electrons. The summed E-state index contributed by atoms with van der Waals surface area (Å²) < 4.78 is 1.81. The molecule has 0 atom stereocenters. The first-order chi connectivity index (χ1) is 16.0. The number of fused-ring (bicyclic) bond motifs is 2. The fourth-order valence-electron chi connectivity index (χ4n) is 4.03. The molecule has 33 heavy (non-hydrogen) atoms. The molecule has 2 N–H and O–H groups in total. The molecule has 4 aromatic rings. The van der Waals surface area contributed by atoms with E-state index in [0.717, 1.165) is 18.8 Å². The summed E-state index contributed by atoms with van der Waals surface area (Å²) in [4.78, 5) is 27.6. The summed E-state index contributed by atoms with van der Waals surface area (Å²) in [6.07, 6.45) is 1.42. The van der Waals surface area contributed by atoms with Crippen LogP contribution in [-0.4, -0.2) is 34.9 Å². The van der Waals surface area contributed by atoms with Crippen molar-refractivity contribution in [3.63, 3.8) is 0 Å². The van der Waals surface area contributed by atoms with Crippen LogP contribution in [0, 0.1) is 0 Å². The molecule has 1 heterocycles. The van der Waals surface area contributed by atoms with E-state index >= 15 is 0 Å². The minimum Gasteiger partial charge on any atom is -0.507 e. The Morgan fingerprint density at radius 3 is 2.18 bits per heavy atom. The first-order valence-corrected chi connectivity index (χ1v) is 10.9. The summed E-state index contributed by atoms with van der Waals surface area (Å²) in [5, 5.41) is 15.5. The van der Waals surface area contributed by atoms with Crippen molar-refractivity contribution in [2.75, 3.05) is 18.0 Å². The van der Waals surface area contributed by atoms with Crippen LogP contribution >= 0.6 is 0 Å². The number of carbonyl (C=O) groups excluding carboxylic acids is 1. The lowest BCUT2D eigenvalue weighted by Crippen LogP contribution is -2.25. The molecule has 1 aromatic heterocycles. The van der Waals surface area contributed by atoms with Gasteiger partial charge in [0.15, 0.2) is 5.43 Å². The van der Waals surface area contributed by atoms with E-state index < -0.39 is 0 Å². The van der Waals surface area contributed by atoms with E-state index in [4.69, 9.17) is 0 Å². The number of rotatable bonds is 7. The molecule has 7 nitrogen and oxygen atoms in total. The maximum absolute atomic E-state index is 12.8. The Kier molecular flexibility index (Phi) is 6.40. The number of para-hydroxylation sites is 2. The first-order valence-electron chi connectivity index (χ1n) is 10.9. The highest BCUT2D eigenvalue weighted by molar-refractivity contribution is 5.95. The van der Waals surface area contributed by atoms with E-state index in [9.17, 15) is 14.7 Å². The van der Waals surface area contributed by atoms with Crippen molar-refractivity contribution in [1.29, 1.82) is 0 Å². The maximum atomic E-state index is 12.8. The topological polar surface area (TPSA) is 86.9 Å².